The van der Waals surface area contributed by atoms with Gasteiger partial charge in [-0.1, -0.05) is 29.8 Å². The van der Waals surface area contributed by atoms with Crippen molar-refractivity contribution >= 4 is 17.4 Å². The zero-order valence-electron chi connectivity index (χ0n) is 11.1. The summed E-state index contributed by atoms with van der Waals surface area (Å²) in [5, 5.41) is 3.75. The first-order chi connectivity index (χ1) is 9.19. The van der Waals surface area contributed by atoms with Gasteiger partial charge in [-0.25, -0.2) is 4.98 Å². The maximum absolute atomic E-state index is 6.15. The third kappa shape index (κ3) is 3.91. The fourth-order valence-corrected chi connectivity index (χ4v) is 2.01. The van der Waals surface area contributed by atoms with E-state index in [4.69, 9.17) is 11.6 Å². The molecule has 0 bridgehead atoms. The van der Waals surface area contributed by atoms with Gasteiger partial charge in [-0.2, -0.15) is 0 Å². The fraction of sp³-hybridized carbons (Fsp3) is 0.286. The van der Waals surface area contributed by atoms with Crippen molar-refractivity contribution in [1.29, 1.82) is 0 Å². The Morgan fingerprint density at radius 3 is 2.58 bits per heavy atom. The SMILES string of the molecule is CNc1cnc(CN(C)Cc2ccccc2Cl)cn1. The molecule has 0 aliphatic carbocycles. The second-order valence-corrected chi connectivity index (χ2v) is 4.81. The number of anilines is 1. The second-order valence-electron chi connectivity index (χ2n) is 4.41. The average Bonchev–Trinajstić information content (AvgIpc) is 2.42. The summed E-state index contributed by atoms with van der Waals surface area (Å²) in [4.78, 5) is 10.8. The lowest BCUT2D eigenvalue weighted by Crippen LogP contribution is -2.18. The van der Waals surface area contributed by atoms with Gasteiger partial charge in [-0.15, -0.1) is 0 Å². The number of hydrogen-bond acceptors (Lipinski definition) is 4. The number of nitrogens with zero attached hydrogens (tertiary/aromatic N) is 3. The van der Waals surface area contributed by atoms with Gasteiger partial charge < -0.3 is 5.32 Å². The highest BCUT2D eigenvalue weighted by atomic mass is 35.5. The molecule has 1 aromatic carbocycles. The van der Waals surface area contributed by atoms with Gasteiger partial charge in [0.05, 0.1) is 18.1 Å². The third-order valence-electron chi connectivity index (χ3n) is 2.79. The van der Waals surface area contributed by atoms with Gasteiger partial charge in [0.25, 0.3) is 0 Å². The standard InChI is InChI=1S/C14H17ClN4/c1-16-14-8-17-12(7-18-14)10-19(2)9-11-5-3-4-6-13(11)15/h3-8H,9-10H2,1-2H3,(H,16,18). The van der Waals surface area contributed by atoms with Crippen LogP contribution in [0.2, 0.25) is 5.02 Å². The quantitative estimate of drug-likeness (QED) is 0.912. The van der Waals surface area contributed by atoms with Gasteiger partial charge in [-0.3, -0.25) is 9.88 Å². The molecule has 0 aliphatic heterocycles. The van der Waals surface area contributed by atoms with Gasteiger partial charge >= 0.3 is 0 Å². The summed E-state index contributed by atoms with van der Waals surface area (Å²) in [5.74, 6) is 0.775. The van der Waals surface area contributed by atoms with Crippen LogP contribution in [-0.2, 0) is 13.1 Å². The van der Waals surface area contributed by atoms with Crippen LogP contribution in [-0.4, -0.2) is 29.0 Å². The van der Waals surface area contributed by atoms with Crippen LogP contribution in [0.1, 0.15) is 11.3 Å². The molecule has 0 aliphatic rings. The zero-order valence-corrected chi connectivity index (χ0v) is 11.9. The monoisotopic (exact) mass is 276 g/mol. The van der Waals surface area contributed by atoms with Crippen LogP contribution in [0.25, 0.3) is 0 Å². The Labute approximate surface area is 118 Å². The molecule has 0 saturated heterocycles. The molecule has 0 amide bonds. The summed E-state index contributed by atoms with van der Waals surface area (Å²) in [6.45, 7) is 1.53. The number of nitrogens with one attached hydrogen (secondary N) is 1. The maximum atomic E-state index is 6.15. The number of halogens is 1. The van der Waals surface area contributed by atoms with Crippen LogP contribution < -0.4 is 5.32 Å². The first-order valence-corrected chi connectivity index (χ1v) is 6.47. The molecule has 100 valence electrons. The molecule has 0 saturated carbocycles. The Kier molecular flexibility index (Phi) is 4.71. The summed E-state index contributed by atoms with van der Waals surface area (Å²) >= 11 is 6.15. The summed E-state index contributed by atoms with van der Waals surface area (Å²) in [5.41, 5.74) is 2.06. The van der Waals surface area contributed by atoms with Crippen molar-refractivity contribution in [2.45, 2.75) is 13.1 Å². The Morgan fingerprint density at radius 1 is 1.16 bits per heavy atom. The highest BCUT2D eigenvalue weighted by molar-refractivity contribution is 6.31. The first-order valence-electron chi connectivity index (χ1n) is 6.09. The number of hydrogen-bond donors (Lipinski definition) is 1. The van der Waals surface area contributed by atoms with Crippen LogP contribution >= 0.6 is 11.6 Å². The molecule has 1 N–H and O–H groups in total. The highest BCUT2D eigenvalue weighted by Crippen LogP contribution is 2.17. The molecule has 2 rings (SSSR count). The molecule has 0 spiro atoms. The summed E-state index contributed by atoms with van der Waals surface area (Å²) in [6, 6.07) is 7.88. The van der Waals surface area contributed by atoms with E-state index in [9.17, 15) is 0 Å². The topological polar surface area (TPSA) is 41.1 Å². The number of aromatic nitrogens is 2. The molecule has 1 heterocycles. The molecule has 0 radical (unpaired) electrons. The van der Waals surface area contributed by atoms with E-state index in [1.807, 2.05) is 38.4 Å². The second kappa shape index (κ2) is 6.50. The van der Waals surface area contributed by atoms with Crippen molar-refractivity contribution in [2.24, 2.45) is 0 Å². The molecule has 2 aromatic rings. The van der Waals surface area contributed by atoms with E-state index in [0.29, 0.717) is 0 Å². The molecule has 5 heteroatoms. The van der Waals surface area contributed by atoms with Crippen LogP contribution in [0.5, 0.6) is 0 Å². The van der Waals surface area contributed by atoms with Gasteiger partial charge in [0.1, 0.15) is 5.82 Å². The Balaban J connectivity index is 1.97. The van der Waals surface area contributed by atoms with Crippen molar-refractivity contribution in [3.05, 3.63) is 52.9 Å². The van der Waals surface area contributed by atoms with Crippen LogP contribution in [0.3, 0.4) is 0 Å². The van der Waals surface area contributed by atoms with E-state index in [1.165, 1.54) is 0 Å². The molecule has 4 nitrogen and oxygen atoms in total. The van der Waals surface area contributed by atoms with Gasteiger partial charge in [-0.05, 0) is 18.7 Å². The van der Waals surface area contributed by atoms with E-state index in [-0.39, 0.29) is 0 Å². The summed E-state index contributed by atoms with van der Waals surface area (Å²) < 4.78 is 0. The minimum atomic E-state index is 0.738. The molecule has 1 aromatic heterocycles. The van der Waals surface area contributed by atoms with Crippen LogP contribution in [0.15, 0.2) is 36.7 Å². The zero-order chi connectivity index (χ0) is 13.7. The summed E-state index contributed by atoms with van der Waals surface area (Å²) in [6.07, 6.45) is 3.52. The Hall–Kier alpha value is -1.65. The van der Waals surface area contributed by atoms with Crippen molar-refractivity contribution in [1.82, 2.24) is 14.9 Å². The molecule has 0 atom stereocenters. The molecule has 0 unspecified atom stereocenters. The number of benzene rings is 1. The van der Waals surface area contributed by atoms with E-state index in [1.54, 1.807) is 12.4 Å². The number of rotatable bonds is 5. The lowest BCUT2D eigenvalue weighted by molar-refractivity contribution is 0.315. The minimum Gasteiger partial charge on any atom is -0.372 e. The van der Waals surface area contributed by atoms with Gasteiger partial charge in [0.2, 0.25) is 0 Å². The van der Waals surface area contributed by atoms with E-state index < -0.39 is 0 Å². The molecular weight excluding hydrogens is 260 g/mol. The molecule has 19 heavy (non-hydrogen) atoms. The van der Waals surface area contributed by atoms with Crippen molar-refractivity contribution in [2.75, 3.05) is 19.4 Å². The van der Waals surface area contributed by atoms with E-state index in [2.05, 4.69) is 20.2 Å². The van der Waals surface area contributed by atoms with E-state index >= 15 is 0 Å². The van der Waals surface area contributed by atoms with Crippen molar-refractivity contribution in [3.63, 3.8) is 0 Å². The fourth-order valence-electron chi connectivity index (χ4n) is 1.82. The van der Waals surface area contributed by atoms with E-state index in [0.717, 1.165) is 35.2 Å². The molecule has 0 fully saturated rings. The van der Waals surface area contributed by atoms with Crippen LogP contribution in [0.4, 0.5) is 5.82 Å². The van der Waals surface area contributed by atoms with Crippen molar-refractivity contribution < 1.29 is 0 Å². The normalized spacial score (nSPS) is 10.7. The Bertz CT molecular complexity index is 527. The van der Waals surface area contributed by atoms with Crippen molar-refractivity contribution in [3.8, 4) is 0 Å². The lowest BCUT2D eigenvalue weighted by Gasteiger charge is -2.16. The van der Waals surface area contributed by atoms with Gasteiger partial charge in [0, 0.05) is 25.2 Å². The van der Waals surface area contributed by atoms with Gasteiger partial charge in [0.15, 0.2) is 0 Å². The Morgan fingerprint density at radius 2 is 1.95 bits per heavy atom. The largest absolute Gasteiger partial charge is 0.372 e. The summed E-state index contributed by atoms with van der Waals surface area (Å²) in [7, 11) is 3.87. The predicted molar refractivity (Wildman–Crippen MR) is 78.2 cm³/mol. The van der Waals surface area contributed by atoms with Crippen LogP contribution in [0, 0.1) is 0 Å². The average molecular weight is 277 g/mol. The highest BCUT2D eigenvalue weighted by Gasteiger charge is 2.06. The molecular formula is C14H17ClN4. The smallest absolute Gasteiger partial charge is 0.144 e. The minimum absolute atomic E-state index is 0.738. The first kappa shape index (κ1) is 13.8. The third-order valence-corrected chi connectivity index (χ3v) is 3.16. The predicted octanol–water partition coefficient (Wildman–Crippen LogP) is 2.80. The maximum Gasteiger partial charge on any atom is 0.144 e. The lowest BCUT2D eigenvalue weighted by atomic mass is 10.2.